The SMILES string of the molecule is Cc1cc(N)c(NCc2coc3ccccc23)cc1C. The number of nitrogens with one attached hydrogen (secondary N) is 1. The van der Waals surface area contributed by atoms with Crippen LogP contribution in [0.3, 0.4) is 0 Å². The predicted molar refractivity (Wildman–Crippen MR) is 83.9 cm³/mol. The fourth-order valence-corrected chi connectivity index (χ4v) is 2.35. The molecule has 0 unspecified atom stereocenters. The van der Waals surface area contributed by atoms with E-state index >= 15 is 0 Å². The van der Waals surface area contributed by atoms with Gasteiger partial charge in [0.05, 0.1) is 17.6 Å². The second-order valence-corrected chi connectivity index (χ2v) is 5.13. The minimum atomic E-state index is 0.698. The van der Waals surface area contributed by atoms with Gasteiger partial charge in [-0.3, -0.25) is 0 Å². The Hall–Kier alpha value is -2.42. The number of hydrogen-bond acceptors (Lipinski definition) is 3. The van der Waals surface area contributed by atoms with Crippen LogP contribution >= 0.6 is 0 Å². The number of rotatable bonds is 3. The molecule has 0 fully saturated rings. The summed E-state index contributed by atoms with van der Waals surface area (Å²) in [5.74, 6) is 0. The van der Waals surface area contributed by atoms with Gasteiger partial charge < -0.3 is 15.5 Å². The van der Waals surface area contributed by atoms with Gasteiger partial charge in [-0.15, -0.1) is 0 Å². The normalized spacial score (nSPS) is 10.9. The summed E-state index contributed by atoms with van der Waals surface area (Å²) in [5.41, 5.74) is 12.3. The fraction of sp³-hybridized carbons (Fsp3) is 0.176. The molecule has 0 saturated carbocycles. The molecule has 0 bridgehead atoms. The predicted octanol–water partition coefficient (Wildman–Crippen LogP) is 4.24. The smallest absolute Gasteiger partial charge is 0.134 e. The standard InChI is InChI=1S/C17H18N2O/c1-11-7-15(18)16(8-12(11)2)19-9-13-10-20-17-6-4-3-5-14(13)17/h3-8,10,19H,9,18H2,1-2H3. The zero-order chi connectivity index (χ0) is 14.1. The van der Waals surface area contributed by atoms with Crippen molar-refractivity contribution in [3.8, 4) is 0 Å². The first kappa shape index (κ1) is 12.6. The minimum absolute atomic E-state index is 0.698. The van der Waals surface area contributed by atoms with Gasteiger partial charge in [0, 0.05) is 17.5 Å². The lowest BCUT2D eigenvalue weighted by molar-refractivity contribution is 0.611. The van der Waals surface area contributed by atoms with Gasteiger partial charge in [-0.25, -0.2) is 0 Å². The molecule has 0 aliphatic carbocycles. The van der Waals surface area contributed by atoms with Crippen molar-refractivity contribution in [2.24, 2.45) is 0 Å². The number of benzene rings is 2. The quantitative estimate of drug-likeness (QED) is 0.697. The highest BCUT2D eigenvalue weighted by Crippen LogP contribution is 2.25. The number of furan rings is 1. The van der Waals surface area contributed by atoms with Crippen molar-refractivity contribution in [2.45, 2.75) is 20.4 Å². The maximum absolute atomic E-state index is 6.06. The molecule has 0 saturated heterocycles. The number of anilines is 2. The van der Waals surface area contributed by atoms with Gasteiger partial charge in [0.1, 0.15) is 5.58 Å². The summed E-state index contributed by atoms with van der Waals surface area (Å²) in [4.78, 5) is 0. The van der Waals surface area contributed by atoms with E-state index in [-0.39, 0.29) is 0 Å². The number of aryl methyl sites for hydroxylation is 2. The lowest BCUT2D eigenvalue weighted by Gasteiger charge is -2.11. The van der Waals surface area contributed by atoms with Crippen molar-refractivity contribution in [3.63, 3.8) is 0 Å². The van der Waals surface area contributed by atoms with E-state index in [4.69, 9.17) is 10.2 Å². The van der Waals surface area contributed by atoms with E-state index < -0.39 is 0 Å². The second kappa shape index (κ2) is 4.93. The van der Waals surface area contributed by atoms with Crippen molar-refractivity contribution < 1.29 is 4.42 Å². The summed E-state index contributed by atoms with van der Waals surface area (Å²) in [7, 11) is 0. The molecular weight excluding hydrogens is 248 g/mol. The Kier molecular flexibility index (Phi) is 3.11. The van der Waals surface area contributed by atoms with Crippen LogP contribution in [0.15, 0.2) is 47.1 Å². The van der Waals surface area contributed by atoms with Gasteiger partial charge in [0.25, 0.3) is 0 Å². The summed E-state index contributed by atoms with van der Waals surface area (Å²) >= 11 is 0. The zero-order valence-electron chi connectivity index (χ0n) is 11.7. The molecule has 102 valence electrons. The lowest BCUT2D eigenvalue weighted by Crippen LogP contribution is -2.03. The molecule has 3 aromatic rings. The Labute approximate surface area is 118 Å². The number of para-hydroxylation sites is 1. The Morgan fingerprint density at radius 3 is 2.70 bits per heavy atom. The van der Waals surface area contributed by atoms with Crippen LogP contribution in [0.1, 0.15) is 16.7 Å². The van der Waals surface area contributed by atoms with Crippen LogP contribution in [0.4, 0.5) is 11.4 Å². The highest BCUT2D eigenvalue weighted by Gasteiger charge is 2.06. The van der Waals surface area contributed by atoms with Crippen molar-refractivity contribution >= 4 is 22.3 Å². The van der Waals surface area contributed by atoms with Gasteiger partial charge >= 0.3 is 0 Å². The second-order valence-electron chi connectivity index (χ2n) is 5.13. The molecule has 3 rings (SSSR count). The Morgan fingerprint density at radius 2 is 1.85 bits per heavy atom. The molecule has 3 N–H and O–H groups in total. The maximum Gasteiger partial charge on any atom is 0.134 e. The lowest BCUT2D eigenvalue weighted by atomic mass is 10.1. The topological polar surface area (TPSA) is 51.2 Å². The van der Waals surface area contributed by atoms with Crippen LogP contribution in [0.25, 0.3) is 11.0 Å². The van der Waals surface area contributed by atoms with Crippen molar-refractivity contribution in [3.05, 3.63) is 59.4 Å². The molecule has 2 aromatic carbocycles. The summed E-state index contributed by atoms with van der Waals surface area (Å²) in [6.07, 6.45) is 1.80. The Balaban J connectivity index is 1.85. The van der Waals surface area contributed by atoms with Crippen LogP contribution in [-0.2, 0) is 6.54 Å². The average molecular weight is 266 g/mol. The Bertz CT molecular complexity index is 759. The third-order valence-corrected chi connectivity index (χ3v) is 3.70. The molecule has 3 nitrogen and oxygen atoms in total. The van der Waals surface area contributed by atoms with E-state index in [0.717, 1.165) is 27.9 Å². The number of nitrogens with two attached hydrogens (primary N) is 1. The largest absolute Gasteiger partial charge is 0.464 e. The van der Waals surface area contributed by atoms with Gasteiger partial charge in [-0.05, 0) is 43.2 Å². The van der Waals surface area contributed by atoms with Crippen LogP contribution in [-0.4, -0.2) is 0 Å². The van der Waals surface area contributed by atoms with Gasteiger partial charge in [0.2, 0.25) is 0 Å². The first-order chi connectivity index (χ1) is 9.65. The molecule has 0 aliphatic heterocycles. The Morgan fingerprint density at radius 1 is 1.10 bits per heavy atom. The molecule has 0 aliphatic rings. The molecule has 20 heavy (non-hydrogen) atoms. The average Bonchev–Trinajstić information content (AvgIpc) is 2.85. The van der Waals surface area contributed by atoms with Crippen LogP contribution < -0.4 is 11.1 Å². The molecule has 1 heterocycles. The molecule has 0 atom stereocenters. The van der Waals surface area contributed by atoms with Gasteiger partial charge in [-0.2, -0.15) is 0 Å². The van der Waals surface area contributed by atoms with Gasteiger partial charge in [-0.1, -0.05) is 18.2 Å². The van der Waals surface area contributed by atoms with Gasteiger partial charge in [0.15, 0.2) is 0 Å². The van der Waals surface area contributed by atoms with E-state index in [2.05, 4.69) is 31.3 Å². The minimum Gasteiger partial charge on any atom is -0.464 e. The first-order valence-electron chi connectivity index (χ1n) is 6.71. The third kappa shape index (κ3) is 2.23. The summed E-state index contributed by atoms with van der Waals surface area (Å²) < 4.78 is 5.54. The first-order valence-corrected chi connectivity index (χ1v) is 6.71. The summed E-state index contributed by atoms with van der Waals surface area (Å²) in [5, 5.41) is 4.53. The van der Waals surface area contributed by atoms with Crippen molar-refractivity contribution in [2.75, 3.05) is 11.1 Å². The monoisotopic (exact) mass is 266 g/mol. The third-order valence-electron chi connectivity index (χ3n) is 3.70. The molecule has 0 radical (unpaired) electrons. The van der Waals surface area contributed by atoms with Crippen molar-refractivity contribution in [1.29, 1.82) is 0 Å². The van der Waals surface area contributed by atoms with E-state index in [9.17, 15) is 0 Å². The van der Waals surface area contributed by atoms with E-state index in [0.29, 0.717) is 6.54 Å². The van der Waals surface area contributed by atoms with E-state index in [1.54, 1.807) is 6.26 Å². The number of nitrogen functional groups attached to an aromatic ring is 1. The fourth-order valence-electron chi connectivity index (χ4n) is 2.35. The van der Waals surface area contributed by atoms with Crippen LogP contribution in [0.5, 0.6) is 0 Å². The zero-order valence-corrected chi connectivity index (χ0v) is 11.7. The molecular formula is C17H18N2O. The number of fused-ring (bicyclic) bond motifs is 1. The van der Waals surface area contributed by atoms with E-state index in [1.165, 1.54) is 11.1 Å². The van der Waals surface area contributed by atoms with E-state index in [1.807, 2.05) is 24.3 Å². The summed E-state index contributed by atoms with van der Waals surface area (Å²) in [6.45, 7) is 4.86. The maximum atomic E-state index is 6.06. The van der Waals surface area contributed by atoms with Crippen LogP contribution in [0.2, 0.25) is 0 Å². The highest BCUT2D eigenvalue weighted by atomic mass is 16.3. The highest BCUT2D eigenvalue weighted by molar-refractivity contribution is 5.81. The van der Waals surface area contributed by atoms with Crippen LogP contribution in [0, 0.1) is 13.8 Å². The number of hydrogen-bond donors (Lipinski definition) is 2. The molecule has 0 amide bonds. The van der Waals surface area contributed by atoms with Crippen molar-refractivity contribution in [1.82, 2.24) is 0 Å². The molecule has 0 spiro atoms. The summed E-state index contributed by atoms with van der Waals surface area (Å²) in [6, 6.07) is 12.1. The molecule has 1 aromatic heterocycles. The molecule has 3 heteroatoms.